The molecule has 6 heteroatoms. The molecule has 17 heavy (non-hydrogen) atoms. The number of nitrogens with two attached hydrogens (primary N) is 1. The standard InChI is InChI=1S/C11H13BrFN3O/c1-17-6(5-14)2-11-15-9-3-7(12)8(13)4-10(9)16-11/h3-4,6H,2,5,14H2,1H3,(H,15,16). The van der Waals surface area contributed by atoms with Crippen LogP contribution in [0.25, 0.3) is 11.0 Å². The van der Waals surface area contributed by atoms with E-state index in [0.29, 0.717) is 23.0 Å². The molecule has 0 spiro atoms. The zero-order valence-electron chi connectivity index (χ0n) is 9.34. The molecule has 0 amide bonds. The first-order chi connectivity index (χ1) is 8.13. The smallest absolute Gasteiger partial charge is 0.139 e. The van der Waals surface area contributed by atoms with Gasteiger partial charge in [0, 0.05) is 26.1 Å². The summed E-state index contributed by atoms with van der Waals surface area (Å²) in [5.41, 5.74) is 6.94. The maximum absolute atomic E-state index is 13.3. The first-order valence-corrected chi connectivity index (χ1v) is 6.00. The summed E-state index contributed by atoms with van der Waals surface area (Å²) in [6.45, 7) is 0.422. The van der Waals surface area contributed by atoms with Crippen molar-refractivity contribution in [1.29, 1.82) is 0 Å². The third kappa shape index (κ3) is 2.65. The highest BCUT2D eigenvalue weighted by atomic mass is 79.9. The molecule has 1 aromatic heterocycles. The highest BCUT2D eigenvalue weighted by Crippen LogP contribution is 2.22. The van der Waals surface area contributed by atoms with E-state index in [-0.39, 0.29) is 11.9 Å². The number of benzene rings is 1. The molecule has 0 radical (unpaired) electrons. The van der Waals surface area contributed by atoms with E-state index in [1.807, 2.05) is 0 Å². The Morgan fingerprint density at radius 3 is 3.00 bits per heavy atom. The summed E-state index contributed by atoms with van der Waals surface area (Å²) in [6, 6.07) is 3.06. The van der Waals surface area contributed by atoms with Gasteiger partial charge < -0.3 is 15.5 Å². The number of imidazole rings is 1. The summed E-state index contributed by atoms with van der Waals surface area (Å²) in [6.07, 6.45) is 0.504. The van der Waals surface area contributed by atoms with Gasteiger partial charge in [-0.05, 0) is 22.0 Å². The maximum atomic E-state index is 13.3. The number of nitrogens with one attached hydrogen (secondary N) is 1. The van der Waals surface area contributed by atoms with Gasteiger partial charge in [0.2, 0.25) is 0 Å². The highest BCUT2D eigenvalue weighted by molar-refractivity contribution is 9.10. The van der Waals surface area contributed by atoms with E-state index >= 15 is 0 Å². The number of nitrogens with zero attached hydrogens (tertiary/aromatic N) is 1. The van der Waals surface area contributed by atoms with Crippen molar-refractivity contribution in [3.05, 3.63) is 28.2 Å². The molecule has 0 bridgehead atoms. The molecule has 2 rings (SSSR count). The van der Waals surface area contributed by atoms with Crippen LogP contribution >= 0.6 is 15.9 Å². The molecule has 4 nitrogen and oxygen atoms in total. The number of hydrogen-bond donors (Lipinski definition) is 2. The molecular weight excluding hydrogens is 289 g/mol. The summed E-state index contributed by atoms with van der Waals surface area (Å²) in [4.78, 5) is 7.42. The molecule has 0 aliphatic heterocycles. The predicted molar refractivity (Wildman–Crippen MR) is 67.3 cm³/mol. The van der Waals surface area contributed by atoms with Crippen LogP contribution < -0.4 is 5.73 Å². The largest absolute Gasteiger partial charge is 0.380 e. The van der Waals surface area contributed by atoms with Crippen molar-refractivity contribution in [2.45, 2.75) is 12.5 Å². The first-order valence-electron chi connectivity index (χ1n) is 5.20. The van der Waals surface area contributed by atoms with Crippen LogP contribution in [0, 0.1) is 5.82 Å². The Kier molecular flexibility index (Phi) is 3.76. The second-order valence-electron chi connectivity index (χ2n) is 3.76. The number of ether oxygens (including phenoxy) is 1. The van der Waals surface area contributed by atoms with Crippen molar-refractivity contribution in [3.8, 4) is 0 Å². The third-order valence-electron chi connectivity index (χ3n) is 2.59. The van der Waals surface area contributed by atoms with Crippen molar-refractivity contribution in [1.82, 2.24) is 9.97 Å². The lowest BCUT2D eigenvalue weighted by Gasteiger charge is -2.09. The minimum Gasteiger partial charge on any atom is -0.380 e. The zero-order valence-corrected chi connectivity index (χ0v) is 10.9. The Hall–Kier alpha value is -0.980. The molecule has 0 aliphatic rings. The SMILES string of the molecule is COC(CN)Cc1nc2cc(Br)c(F)cc2[nH]1. The fourth-order valence-electron chi connectivity index (χ4n) is 1.63. The summed E-state index contributed by atoms with van der Waals surface area (Å²) < 4.78 is 18.9. The molecular formula is C11H13BrFN3O. The van der Waals surface area contributed by atoms with Crippen LogP contribution in [0.3, 0.4) is 0 Å². The van der Waals surface area contributed by atoms with Crippen molar-refractivity contribution in [2.75, 3.05) is 13.7 Å². The number of aromatic nitrogens is 2. The molecule has 0 aliphatic carbocycles. The van der Waals surface area contributed by atoms with Crippen LogP contribution in [0.2, 0.25) is 0 Å². The molecule has 0 saturated carbocycles. The van der Waals surface area contributed by atoms with Crippen molar-refractivity contribution in [3.63, 3.8) is 0 Å². The number of fused-ring (bicyclic) bond motifs is 1. The van der Waals surface area contributed by atoms with Crippen LogP contribution in [0.1, 0.15) is 5.82 Å². The van der Waals surface area contributed by atoms with Gasteiger partial charge in [-0.2, -0.15) is 0 Å². The number of halogens is 2. The van der Waals surface area contributed by atoms with E-state index in [2.05, 4.69) is 25.9 Å². The summed E-state index contributed by atoms with van der Waals surface area (Å²) in [5.74, 6) is 0.435. The van der Waals surface area contributed by atoms with E-state index < -0.39 is 0 Å². The van der Waals surface area contributed by atoms with E-state index in [1.165, 1.54) is 6.07 Å². The molecule has 3 N–H and O–H groups in total. The van der Waals surface area contributed by atoms with E-state index in [9.17, 15) is 4.39 Å². The first kappa shape index (κ1) is 12.5. The Bertz CT molecular complexity index is 486. The Morgan fingerprint density at radius 1 is 1.59 bits per heavy atom. The predicted octanol–water partition coefficient (Wildman–Crippen LogP) is 1.98. The number of hydrogen-bond acceptors (Lipinski definition) is 3. The monoisotopic (exact) mass is 301 g/mol. The number of H-pyrrole nitrogens is 1. The third-order valence-corrected chi connectivity index (χ3v) is 3.20. The van der Waals surface area contributed by atoms with Crippen molar-refractivity contribution < 1.29 is 9.13 Å². The van der Waals surface area contributed by atoms with Gasteiger partial charge in [0.15, 0.2) is 0 Å². The average Bonchev–Trinajstić information content (AvgIpc) is 2.68. The molecule has 0 fully saturated rings. The van der Waals surface area contributed by atoms with Gasteiger partial charge in [-0.3, -0.25) is 0 Å². The fraction of sp³-hybridized carbons (Fsp3) is 0.364. The van der Waals surface area contributed by atoms with E-state index in [1.54, 1.807) is 13.2 Å². The van der Waals surface area contributed by atoms with Gasteiger partial charge >= 0.3 is 0 Å². The summed E-state index contributed by atoms with van der Waals surface area (Å²) >= 11 is 3.13. The van der Waals surface area contributed by atoms with Crippen LogP contribution in [-0.2, 0) is 11.2 Å². The minimum atomic E-state index is -0.310. The van der Waals surface area contributed by atoms with Gasteiger partial charge in [-0.25, -0.2) is 9.37 Å². The van der Waals surface area contributed by atoms with Gasteiger partial charge in [0.1, 0.15) is 11.6 Å². The quantitative estimate of drug-likeness (QED) is 0.907. The van der Waals surface area contributed by atoms with Gasteiger partial charge in [-0.1, -0.05) is 0 Å². The lowest BCUT2D eigenvalue weighted by Crippen LogP contribution is -2.25. The van der Waals surface area contributed by atoms with Crippen molar-refractivity contribution >= 4 is 27.0 Å². The number of aromatic amines is 1. The summed E-state index contributed by atoms with van der Waals surface area (Å²) in [5, 5.41) is 0. The lowest BCUT2D eigenvalue weighted by atomic mass is 10.2. The Morgan fingerprint density at radius 2 is 2.35 bits per heavy atom. The van der Waals surface area contributed by atoms with E-state index in [0.717, 1.165) is 11.3 Å². The molecule has 2 aromatic rings. The normalized spacial score (nSPS) is 13.2. The second kappa shape index (κ2) is 5.12. The van der Waals surface area contributed by atoms with Crippen LogP contribution in [0.5, 0.6) is 0 Å². The average molecular weight is 302 g/mol. The fourth-order valence-corrected chi connectivity index (χ4v) is 1.96. The maximum Gasteiger partial charge on any atom is 0.139 e. The number of rotatable bonds is 4. The van der Waals surface area contributed by atoms with Crippen LogP contribution in [-0.4, -0.2) is 29.7 Å². The molecule has 1 atom stereocenters. The molecule has 1 aromatic carbocycles. The molecule has 92 valence electrons. The van der Waals surface area contributed by atoms with Crippen molar-refractivity contribution in [2.24, 2.45) is 5.73 Å². The lowest BCUT2D eigenvalue weighted by molar-refractivity contribution is 0.108. The van der Waals surface area contributed by atoms with Gasteiger partial charge in [0.05, 0.1) is 21.6 Å². The molecule has 0 saturated heterocycles. The Labute approximate surface area is 106 Å². The van der Waals surface area contributed by atoms with Crippen LogP contribution in [0.15, 0.2) is 16.6 Å². The van der Waals surface area contributed by atoms with Gasteiger partial charge in [-0.15, -0.1) is 0 Å². The minimum absolute atomic E-state index is 0.0798. The Balaban J connectivity index is 2.31. The number of methoxy groups -OCH3 is 1. The highest BCUT2D eigenvalue weighted by Gasteiger charge is 2.11. The second-order valence-corrected chi connectivity index (χ2v) is 4.62. The molecule has 1 heterocycles. The summed E-state index contributed by atoms with van der Waals surface area (Å²) in [7, 11) is 1.61. The topological polar surface area (TPSA) is 63.9 Å². The van der Waals surface area contributed by atoms with Crippen LogP contribution in [0.4, 0.5) is 4.39 Å². The van der Waals surface area contributed by atoms with E-state index in [4.69, 9.17) is 10.5 Å². The molecule has 1 unspecified atom stereocenters. The zero-order chi connectivity index (χ0) is 12.4. The van der Waals surface area contributed by atoms with Gasteiger partial charge in [0.25, 0.3) is 0 Å².